The van der Waals surface area contributed by atoms with E-state index in [1.165, 1.54) is 7.11 Å². The first-order valence-corrected chi connectivity index (χ1v) is 5.49. The molecule has 0 bridgehead atoms. The fraction of sp³-hybridized carbons (Fsp3) is 0.273. The first-order chi connectivity index (χ1) is 9.13. The first kappa shape index (κ1) is 13.1. The molecule has 0 fully saturated rings. The van der Waals surface area contributed by atoms with Crippen molar-refractivity contribution in [1.82, 2.24) is 15.6 Å². The number of hydrogen-bond acceptors (Lipinski definition) is 7. The van der Waals surface area contributed by atoms with Gasteiger partial charge < -0.3 is 25.3 Å². The van der Waals surface area contributed by atoms with Gasteiger partial charge in [-0.25, -0.2) is 10.2 Å². The van der Waals surface area contributed by atoms with E-state index in [2.05, 4.69) is 9.84 Å². The van der Waals surface area contributed by atoms with Gasteiger partial charge in [-0.3, -0.25) is 0 Å². The molecule has 8 heteroatoms. The van der Waals surface area contributed by atoms with E-state index in [1.54, 1.807) is 24.3 Å². The van der Waals surface area contributed by atoms with Gasteiger partial charge in [-0.05, 0) is 0 Å². The standard InChI is InChI=1S/C11H12N4O4/c1-19-11(16)13-12-6-8-7-14(17)9-4-2-3-5-10(9)15(8)18/h2-7,9-10H,1H3,(H,13,16)/q-2. The fourth-order valence-electron chi connectivity index (χ4n) is 1.77. The fourth-order valence-corrected chi connectivity index (χ4v) is 1.77. The zero-order valence-corrected chi connectivity index (χ0v) is 10.1. The van der Waals surface area contributed by atoms with Crippen molar-refractivity contribution in [3.8, 4) is 0 Å². The third-order valence-corrected chi connectivity index (χ3v) is 2.69. The van der Waals surface area contributed by atoms with Gasteiger partial charge in [-0.15, -0.1) is 0 Å². The molecule has 0 aromatic carbocycles. The SMILES string of the molecule is COC(=O)NN=CC1=CN([O-])C2C=CC=CC2N1[O-]. The minimum atomic E-state index is -0.762. The van der Waals surface area contributed by atoms with E-state index in [9.17, 15) is 15.2 Å². The van der Waals surface area contributed by atoms with Crippen LogP contribution in [0.3, 0.4) is 0 Å². The predicted molar refractivity (Wildman–Crippen MR) is 68.4 cm³/mol. The maximum atomic E-state index is 12.0. The smallest absolute Gasteiger partial charge is 0.427 e. The minimum Gasteiger partial charge on any atom is -0.758 e. The lowest BCUT2D eigenvalue weighted by molar-refractivity contribution is 0.171. The number of fused-ring (bicyclic) bond motifs is 1. The summed E-state index contributed by atoms with van der Waals surface area (Å²) in [6.45, 7) is 0. The molecule has 0 saturated heterocycles. The van der Waals surface area contributed by atoms with E-state index < -0.39 is 18.2 Å². The number of amides is 1. The second kappa shape index (κ2) is 5.55. The van der Waals surface area contributed by atoms with Crippen LogP contribution in [-0.4, -0.2) is 41.6 Å². The Hall–Kier alpha value is -2.32. The maximum Gasteiger partial charge on any atom is 0.427 e. The molecule has 0 saturated carbocycles. The number of hydroxylamine groups is 4. The molecule has 1 N–H and O–H groups in total. The largest absolute Gasteiger partial charge is 0.758 e. The number of ether oxygens (including phenoxy) is 1. The summed E-state index contributed by atoms with van der Waals surface area (Å²) in [6.07, 6.45) is 8.16. The number of nitrogens with zero attached hydrogens (tertiary/aromatic N) is 3. The van der Waals surface area contributed by atoms with Gasteiger partial charge in [0, 0.05) is 6.20 Å². The van der Waals surface area contributed by atoms with Crippen molar-refractivity contribution in [3.63, 3.8) is 0 Å². The molecule has 2 unspecified atom stereocenters. The first-order valence-electron chi connectivity index (χ1n) is 5.49. The molecule has 8 nitrogen and oxygen atoms in total. The molecule has 2 aliphatic rings. The molecule has 2 atom stereocenters. The van der Waals surface area contributed by atoms with Crippen LogP contribution in [0.4, 0.5) is 4.79 Å². The average Bonchev–Trinajstić information content (AvgIpc) is 2.44. The van der Waals surface area contributed by atoms with E-state index in [1.807, 2.05) is 5.43 Å². The third kappa shape index (κ3) is 2.75. The average molecular weight is 264 g/mol. The van der Waals surface area contributed by atoms with E-state index in [0.717, 1.165) is 12.4 Å². The Morgan fingerprint density at radius 1 is 1.42 bits per heavy atom. The Balaban J connectivity index is 2.10. The van der Waals surface area contributed by atoms with Gasteiger partial charge in [0.15, 0.2) is 0 Å². The molecule has 0 spiro atoms. The van der Waals surface area contributed by atoms with E-state index in [-0.39, 0.29) is 5.70 Å². The molecule has 1 aliphatic heterocycles. The van der Waals surface area contributed by atoms with Crippen LogP contribution in [0.25, 0.3) is 0 Å². The number of allylic oxidation sites excluding steroid dienone is 3. The molecule has 1 aliphatic carbocycles. The summed E-state index contributed by atoms with van der Waals surface area (Å²) in [5, 5.41) is 28.6. The van der Waals surface area contributed by atoms with Crippen LogP contribution in [0.5, 0.6) is 0 Å². The zero-order chi connectivity index (χ0) is 13.8. The Morgan fingerprint density at radius 3 is 2.79 bits per heavy atom. The minimum absolute atomic E-state index is 0.0487. The van der Waals surface area contributed by atoms with Gasteiger partial charge in [0.1, 0.15) is 0 Å². The lowest BCUT2D eigenvalue weighted by Crippen LogP contribution is -2.49. The number of nitrogens with one attached hydrogen (secondary N) is 1. The van der Waals surface area contributed by atoms with Crippen LogP contribution in [-0.2, 0) is 4.74 Å². The molecule has 2 rings (SSSR count). The number of hydrazone groups is 1. The lowest BCUT2D eigenvalue weighted by atomic mass is 10.0. The van der Waals surface area contributed by atoms with Crippen molar-refractivity contribution >= 4 is 12.3 Å². The number of carbonyl (C=O) groups is 1. The summed E-state index contributed by atoms with van der Waals surface area (Å²) in [5.41, 5.74) is 2.09. The van der Waals surface area contributed by atoms with Crippen molar-refractivity contribution in [2.45, 2.75) is 12.1 Å². The van der Waals surface area contributed by atoms with Crippen molar-refractivity contribution in [2.75, 3.05) is 7.11 Å². The van der Waals surface area contributed by atoms with Gasteiger partial charge in [0.05, 0.1) is 31.1 Å². The molecular weight excluding hydrogens is 252 g/mol. The number of carbonyl (C=O) groups excluding carboxylic acids is 1. The Morgan fingerprint density at radius 2 is 2.11 bits per heavy atom. The van der Waals surface area contributed by atoms with Crippen LogP contribution in [0.1, 0.15) is 0 Å². The summed E-state index contributed by atoms with van der Waals surface area (Å²) in [5.74, 6) is 0. The van der Waals surface area contributed by atoms with Gasteiger partial charge in [0.25, 0.3) is 0 Å². The van der Waals surface area contributed by atoms with E-state index >= 15 is 0 Å². The van der Waals surface area contributed by atoms with Crippen molar-refractivity contribution in [3.05, 3.63) is 46.6 Å². The van der Waals surface area contributed by atoms with Crippen LogP contribution in [0.15, 0.2) is 41.3 Å². The Labute approximate surface area is 109 Å². The number of hydrogen-bond donors (Lipinski definition) is 1. The second-order valence-electron chi connectivity index (χ2n) is 3.85. The summed E-state index contributed by atoms with van der Waals surface area (Å²) in [4.78, 5) is 10.8. The highest BCUT2D eigenvalue weighted by molar-refractivity contribution is 5.79. The van der Waals surface area contributed by atoms with Crippen molar-refractivity contribution < 1.29 is 9.53 Å². The van der Waals surface area contributed by atoms with E-state index in [0.29, 0.717) is 10.1 Å². The molecule has 0 aromatic heterocycles. The highest BCUT2D eigenvalue weighted by atomic mass is 16.5. The van der Waals surface area contributed by atoms with Gasteiger partial charge in [-0.1, -0.05) is 24.3 Å². The van der Waals surface area contributed by atoms with Gasteiger partial charge in [0.2, 0.25) is 0 Å². The Bertz CT molecular complexity index is 471. The molecule has 0 aromatic rings. The lowest BCUT2D eigenvalue weighted by Gasteiger charge is -2.52. The summed E-state index contributed by atoms with van der Waals surface area (Å²) < 4.78 is 4.31. The predicted octanol–water partition coefficient (Wildman–Crippen LogP) is 0.646. The van der Waals surface area contributed by atoms with Crippen molar-refractivity contribution in [2.24, 2.45) is 5.10 Å². The van der Waals surface area contributed by atoms with Crippen molar-refractivity contribution in [1.29, 1.82) is 0 Å². The zero-order valence-electron chi connectivity index (χ0n) is 10.1. The molecule has 1 amide bonds. The van der Waals surface area contributed by atoms with Crippen LogP contribution in [0.2, 0.25) is 0 Å². The highest BCUT2D eigenvalue weighted by Gasteiger charge is 2.25. The second-order valence-corrected chi connectivity index (χ2v) is 3.85. The quantitative estimate of drug-likeness (QED) is 0.580. The topological polar surface area (TPSA) is 103 Å². The van der Waals surface area contributed by atoms with Gasteiger partial charge in [-0.2, -0.15) is 5.10 Å². The normalized spacial score (nSPS) is 25.3. The third-order valence-electron chi connectivity index (χ3n) is 2.69. The van der Waals surface area contributed by atoms with Crippen LogP contribution in [0, 0.1) is 10.4 Å². The molecule has 102 valence electrons. The van der Waals surface area contributed by atoms with Gasteiger partial charge >= 0.3 is 6.09 Å². The Kier molecular flexibility index (Phi) is 3.83. The highest BCUT2D eigenvalue weighted by Crippen LogP contribution is 2.25. The number of rotatable bonds is 2. The maximum absolute atomic E-state index is 12.0. The molecular formula is C11H12N4O4-2. The summed E-state index contributed by atoms with van der Waals surface area (Å²) in [7, 11) is 1.19. The molecule has 1 heterocycles. The summed E-state index contributed by atoms with van der Waals surface area (Å²) >= 11 is 0. The molecule has 0 radical (unpaired) electrons. The van der Waals surface area contributed by atoms with Crippen LogP contribution < -0.4 is 5.43 Å². The number of methoxy groups -OCH3 is 1. The summed E-state index contributed by atoms with van der Waals surface area (Å²) in [6, 6.07) is -1.15. The monoisotopic (exact) mass is 264 g/mol. The van der Waals surface area contributed by atoms with Crippen LogP contribution >= 0.6 is 0 Å². The van der Waals surface area contributed by atoms with E-state index in [4.69, 9.17) is 0 Å². The molecule has 19 heavy (non-hydrogen) atoms.